The standard InChI is InChI=1S/C108H203NO31/c1-6-8-10-12-14-16-18-20-22-24-26-28-30-32-34-42-64-129-82-93(133-71-43-35-33-31-29-27-25-23-21-19-17-15-13-11-9-7-2)83-137-98(117)60-76-128-78-77-127-75-59-97(116)109-108(84-130-68-50-65-124-61-44-36-53-90(113)56-39-47-72-134-105-87(3)99(118)102(121)94(79-110)138-105,85-131-69-51-66-125-62-45-37-54-91(114)57-40-48-73-135-106-88(4)100(119)103(122)95(80-111)139-106)86-132-70-52-67-126-63-46-38-55-92(115)58-41-49-74-136-107-89(5)101(120)104(123)96(81-112)140-107/h87-89,93-96,99-107,110-112,118-123H,6-86H2,1-5H3,(H,109,116). The van der Waals surface area contributed by atoms with Crippen molar-refractivity contribution in [3.63, 3.8) is 0 Å². The van der Waals surface area contributed by atoms with Gasteiger partial charge in [0, 0.05) is 155 Å². The summed E-state index contributed by atoms with van der Waals surface area (Å²) in [5.74, 6) is -1.76. The molecule has 140 heavy (non-hydrogen) atoms. The number of hydrogen-bond donors (Lipinski definition) is 10. The van der Waals surface area contributed by atoms with Crippen LogP contribution in [0.4, 0.5) is 0 Å². The zero-order valence-electron chi connectivity index (χ0n) is 88.0. The van der Waals surface area contributed by atoms with Gasteiger partial charge in [0.15, 0.2) is 18.9 Å². The Balaban J connectivity index is 1.55. The monoisotopic (exact) mass is 2010 g/mol. The zero-order chi connectivity index (χ0) is 102. The number of nitrogens with one attached hydrogen (secondary N) is 1. The van der Waals surface area contributed by atoms with Crippen LogP contribution in [0.5, 0.6) is 0 Å². The van der Waals surface area contributed by atoms with Gasteiger partial charge in [0.1, 0.15) is 72.2 Å². The maximum Gasteiger partial charge on any atom is 0.308 e. The molecule has 3 rings (SSSR count). The molecule has 3 saturated heterocycles. The normalized spacial score (nSPS) is 22.3. The Morgan fingerprint density at radius 2 is 0.529 bits per heavy atom. The molecule has 16 unspecified atom stereocenters. The average Bonchev–Trinajstić information content (AvgIpc) is 0.827. The summed E-state index contributed by atoms with van der Waals surface area (Å²) in [5, 5.41) is 93.4. The molecule has 3 aliphatic rings. The van der Waals surface area contributed by atoms with Gasteiger partial charge in [-0.1, -0.05) is 227 Å². The number of esters is 1. The van der Waals surface area contributed by atoms with Crippen LogP contribution in [0, 0.1) is 17.8 Å². The minimum Gasteiger partial charge on any atom is -0.463 e. The van der Waals surface area contributed by atoms with Crippen LogP contribution in [0.2, 0.25) is 0 Å². The smallest absolute Gasteiger partial charge is 0.308 e. The molecule has 0 aromatic carbocycles. The Kier molecular flexibility index (Phi) is 85.2. The first-order valence-electron chi connectivity index (χ1n) is 55.8. The van der Waals surface area contributed by atoms with Crippen LogP contribution < -0.4 is 5.32 Å². The lowest BCUT2D eigenvalue weighted by Gasteiger charge is -2.40. The lowest BCUT2D eigenvalue weighted by molar-refractivity contribution is -0.282. The highest BCUT2D eigenvalue weighted by molar-refractivity contribution is 5.79. The molecule has 826 valence electrons. The predicted octanol–water partition coefficient (Wildman–Crippen LogP) is 15.4. The van der Waals surface area contributed by atoms with Crippen molar-refractivity contribution in [2.75, 3.05) is 172 Å². The van der Waals surface area contributed by atoms with E-state index < -0.39 is 117 Å². The third-order valence-electron chi connectivity index (χ3n) is 26.7. The first-order valence-corrected chi connectivity index (χ1v) is 55.8. The van der Waals surface area contributed by atoms with Crippen molar-refractivity contribution in [1.82, 2.24) is 5.32 Å². The Labute approximate surface area is 843 Å². The van der Waals surface area contributed by atoms with E-state index in [9.17, 15) is 69.9 Å². The van der Waals surface area contributed by atoms with Crippen LogP contribution >= 0.6 is 0 Å². The second-order valence-electron chi connectivity index (χ2n) is 39.6. The number of carbonyl (C=O) groups excluding carboxylic acids is 5. The van der Waals surface area contributed by atoms with Crippen LogP contribution in [0.15, 0.2) is 0 Å². The van der Waals surface area contributed by atoms with Crippen molar-refractivity contribution in [2.45, 2.75) is 473 Å². The molecule has 10 N–H and O–H groups in total. The van der Waals surface area contributed by atoms with Gasteiger partial charge in [-0.2, -0.15) is 0 Å². The predicted molar refractivity (Wildman–Crippen MR) is 538 cm³/mol. The third kappa shape index (κ3) is 67.8. The summed E-state index contributed by atoms with van der Waals surface area (Å²) >= 11 is 0. The number of unbranched alkanes of at least 4 members (excludes halogenated alkanes) is 36. The maximum atomic E-state index is 14.1. The molecule has 0 spiro atoms. The summed E-state index contributed by atoms with van der Waals surface area (Å²) in [5.41, 5.74) is -1.16. The van der Waals surface area contributed by atoms with Gasteiger partial charge >= 0.3 is 5.97 Å². The molecular formula is C108H203NO31. The third-order valence-corrected chi connectivity index (χ3v) is 26.7. The van der Waals surface area contributed by atoms with Crippen molar-refractivity contribution in [3.05, 3.63) is 0 Å². The number of Topliss-reactive ketones (excluding diaryl/α,β-unsaturated/α-hetero) is 3. The number of rotatable bonds is 103. The molecular weight excluding hydrogens is 1810 g/mol. The molecule has 3 heterocycles. The second-order valence-corrected chi connectivity index (χ2v) is 39.6. The molecule has 0 bridgehead atoms. The summed E-state index contributed by atoms with van der Waals surface area (Å²) in [7, 11) is 0. The van der Waals surface area contributed by atoms with E-state index in [4.69, 9.17) is 80.5 Å². The Morgan fingerprint density at radius 3 is 0.843 bits per heavy atom. The molecule has 3 fully saturated rings. The van der Waals surface area contributed by atoms with Gasteiger partial charge in [-0.25, -0.2) is 0 Å². The van der Waals surface area contributed by atoms with Gasteiger partial charge in [0.05, 0.1) is 97.4 Å². The number of aliphatic hydroxyl groups is 9. The highest BCUT2D eigenvalue weighted by Crippen LogP contribution is 2.31. The van der Waals surface area contributed by atoms with Crippen molar-refractivity contribution < 1.29 is 150 Å². The summed E-state index contributed by atoms with van der Waals surface area (Å²) in [6.45, 7) is 15.0. The van der Waals surface area contributed by atoms with E-state index in [1.165, 1.54) is 180 Å². The minimum absolute atomic E-state index is 0.0103. The van der Waals surface area contributed by atoms with Crippen LogP contribution in [-0.4, -0.2) is 332 Å². The van der Waals surface area contributed by atoms with E-state index in [2.05, 4.69) is 19.2 Å². The van der Waals surface area contributed by atoms with E-state index in [1.54, 1.807) is 20.8 Å². The molecule has 32 nitrogen and oxygen atoms in total. The number of ether oxygens (including phenoxy) is 17. The fourth-order valence-electron chi connectivity index (χ4n) is 17.5. The van der Waals surface area contributed by atoms with E-state index in [0.29, 0.717) is 214 Å². The van der Waals surface area contributed by atoms with Gasteiger partial charge in [-0.05, 0) is 109 Å². The average molecular weight is 2010 g/mol. The van der Waals surface area contributed by atoms with Gasteiger partial charge in [0.25, 0.3) is 0 Å². The van der Waals surface area contributed by atoms with Gasteiger partial charge < -0.3 is 132 Å². The lowest BCUT2D eigenvalue weighted by Crippen LogP contribution is -2.58. The number of amides is 1. The van der Waals surface area contributed by atoms with Crippen molar-refractivity contribution in [3.8, 4) is 0 Å². The fourth-order valence-corrected chi connectivity index (χ4v) is 17.5. The Morgan fingerprint density at radius 1 is 0.271 bits per heavy atom. The molecule has 3 aliphatic heterocycles. The van der Waals surface area contributed by atoms with Crippen LogP contribution in [0.25, 0.3) is 0 Å². The first kappa shape index (κ1) is 131. The number of aliphatic hydroxyl groups excluding tert-OH is 9. The number of carbonyl (C=O) groups is 5. The number of hydrogen-bond acceptors (Lipinski definition) is 31. The Bertz CT molecular complexity index is 2650. The van der Waals surface area contributed by atoms with Crippen molar-refractivity contribution in [1.29, 1.82) is 0 Å². The summed E-state index contributed by atoms with van der Waals surface area (Å²) < 4.78 is 101. The number of ketones is 3. The highest BCUT2D eigenvalue weighted by Gasteiger charge is 2.45. The molecule has 0 radical (unpaired) electrons. The van der Waals surface area contributed by atoms with Gasteiger partial charge in [-0.3, -0.25) is 24.0 Å². The summed E-state index contributed by atoms with van der Waals surface area (Å²) in [4.78, 5) is 65.6. The van der Waals surface area contributed by atoms with E-state index in [1.807, 2.05) is 0 Å². The second kappa shape index (κ2) is 91.0. The van der Waals surface area contributed by atoms with E-state index in [-0.39, 0.29) is 121 Å². The van der Waals surface area contributed by atoms with Crippen LogP contribution in [-0.2, 0) is 104 Å². The lowest BCUT2D eigenvalue weighted by atomic mass is 9.92. The van der Waals surface area contributed by atoms with Crippen LogP contribution in [0.1, 0.15) is 388 Å². The van der Waals surface area contributed by atoms with E-state index >= 15 is 0 Å². The molecule has 0 aromatic rings. The van der Waals surface area contributed by atoms with Crippen molar-refractivity contribution in [2.24, 2.45) is 17.8 Å². The molecule has 0 aromatic heterocycles. The molecule has 32 heteroatoms. The quantitative estimate of drug-likeness (QED) is 0.0200. The molecule has 16 atom stereocenters. The molecule has 1 amide bonds. The van der Waals surface area contributed by atoms with Gasteiger partial charge in [-0.15, -0.1) is 0 Å². The minimum atomic E-state index is -1.20. The maximum absolute atomic E-state index is 14.1. The molecule has 0 aliphatic carbocycles. The SMILES string of the molecule is CCCCCCCCCCCCCCCCCCOCC(COC(=O)CCOCCOCCC(=O)NC(COCCCOCCCCC(=O)CCCCOC1OC(CO)C(O)C(O)C1C)(COCCCOCCCCC(=O)CCCCOC1OC(CO)C(O)C(O)C1C)COCCCOCCCCC(=O)CCCCOC1OC(CO)C(O)C(O)C1C)OCCCCCCCCCCCCCCCCCC. The largest absolute Gasteiger partial charge is 0.463 e. The Hall–Kier alpha value is -3.05. The topological polar surface area (TPSA) is 436 Å². The van der Waals surface area contributed by atoms with Crippen molar-refractivity contribution >= 4 is 29.2 Å². The highest BCUT2D eigenvalue weighted by atomic mass is 16.7. The van der Waals surface area contributed by atoms with Crippen LogP contribution in [0.3, 0.4) is 0 Å². The van der Waals surface area contributed by atoms with E-state index in [0.717, 1.165) is 25.7 Å². The first-order chi connectivity index (χ1) is 68.2. The van der Waals surface area contributed by atoms with Gasteiger partial charge in [0.2, 0.25) is 5.91 Å². The summed E-state index contributed by atoms with van der Waals surface area (Å²) in [6.07, 6.45) is 41.1. The summed E-state index contributed by atoms with van der Waals surface area (Å²) in [6, 6.07) is 0. The zero-order valence-corrected chi connectivity index (χ0v) is 88.0. The molecule has 0 saturated carbocycles. The fraction of sp³-hybridized carbons (Fsp3) is 0.954.